The fourth-order valence-electron chi connectivity index (χ4n) is 1.87. The average molecular weight is 269 g/mol. The number of hydrogen-bond acceptors (Lipinski definition) is 5. The Balaban J connectivity index is 1.75. The van der Waals surface area contributed by atoms with E-state index in [1.165, 1.54) is 12.3 Å². The van der Waals surface area contributed by atoms with E-state index in [2.05, 4.69) is 15.3 Å². The number of carbonyl (C=O) groups is 1. The molecule has 100 valence electrons. The standard InChI is InChI=1S/C14H11N3O3/c18-13(19)11-3-5-15-14(17-11)16-8-9-1-2-12-10(7-9)4-6-20-12/h1-7H,8H2,(H,18,19)(H,15,16,17). The minimum atomic E-state index is -1.07. The second-order valence-corrected chi connectivity index (χ2v) is 4.22. The molecule has 0 fully saturated rings. The molecule has 0 atom stereocenters. The second kappa shape index (κ2) is 5.00. The van der Waals surface area contributed by atoms with E-state index < -0.39 is 5.97 Å². The van der Waals surface area contributed by atoms with Crippen molar-refractivity contribution >= 4 is 22.9 Å². The molecule has 0 amide bonds. The van der Waals surface area contributed by atoms with Crippen molar-refractivity contribution in [1.82, 2.24) is 9.97 Å². The largest absolute Gasteiger partial charge is 0.477 e. The Labute approximate surface area is 114 Å². The first-order valence-corrected chi connectivity index (χ1v) is 5.99. The summed E-state index contributed by atoms with van der Waals surface area (Å²) in [6.07, 6.45) is 3.05. The van der Waals surface area contributed by atoms with Gasteiger partial charge in [-0.15, -0.1) is 0 Å². The number of aromatic carboxylic acids is 1. The lowest BCUT2D eigenvalue weighted by molar-refractivity contribution is 0.0690. The van der Waals surface area contributed by atoms with Crippen LogP contribution in [0.4, 0.5) is 5.95 Å². The molecule has 0 aliphatic rings. The van der Waals surface area contributed by atoms with Crippen LogP contribution in [0.5, 0.6) is 0 Å². The first-order chi connectivity index (χ1) is 9.72. The highest BCUT2D eigenvalue weighted by Crippen LogP contribution is 2.17. The smallest absolute Gasteiger partial charge is 0.354 e. The number of furan rings is 1. The van der Waals surface area contributed by atoms with E-state index >= 15 is 0 Å². The Hall–Kier alpha value is -2.89. The molecule has 0 saturated heterocycles. The Bertz CT molecular complexity index is 767. The fraction of sp³-hybridized carbons (Fsp3) is 0.0714. The van der Waals surface area contributed by atoms with Crippen molar-refractivity contribution < 1.29 is 14.3 Å². The summed E-state index contributed by atoms with van der Waals surface area (Å²) in [5.41, 5.74) is 1.83. The maximum atomic E-state index is 10.8. The van der Waals surface area contributed by atoms with Gasteiger partial charge in [-0.05, 0) is 29.8 Å². The van der Waals surface area contributed by atoms with Gasteiger partial charge in [-0.1, -0.05) is 6.07 Å². The van der Waals surface area contributed by atoms with Gasteiger partial charge in [-0.2, -0.15) is 0 Å². The molecule has 0 radical (unpaired) electrons. The van der Waals surface area contributed by atoms with Crippen molar-refractivity contribution in [2.45, 2.75) is 6.54 Å². The molecule has 2 heterocycles. The minimum Gasteiger partial charge on any atom is -0.477 e. The summed E-state index contributed by atoms with van der Waals surface area (Å²) in [6, 6.07) is 9.05. The first kappa shape index (κ1) is 12.2. The highest BCUT2D eigenvalue weighted by Gasteiger charge is 2.06. The SMILES string of the molecule is O=C(O)c1ccnc(NCc2ccc3occc3c2)n1. The first-order valence-electron chi connectivity index (χ1n) is 5.99. The predicted molar refractivity (Wildman–Crippen MR) is 72.5 cm³/mol. The van der Waals surface area contributed by atoms with Gasteiger partial charge in [0.25, 0.3) is 0 Å². The summed E-state index contributed by atoms with van der Waals surface area (Å²) in [6.45, 7) is 0.504. The highest BCUT2D eigenvalue weighted by molar-refractivity contribution is 5.85. The maximum absolute atomic E-state index is 10.8. The van der Waals surface area contributed by atoms with Crippen LogP contribution < -0.4 is 5.32 Å². The Morgan fingerprint density at radius 1 is 1.30 bits per heavy atom. The van der Waals surface area contributed by atoms with E-state index in [1.54, 1.807) is 6.26 Å². The van der Waals surface area contributed by atoms with Gasteiger partial charge in [0.15, 0.2) is 5.69 Å². The third-order valence-corrected chi connectivity index (χ3v) is 2.84. The number of nitrogens with one attached hydrogen (secondary N) is 1. The van der Waals surface area contributed by atoms with Crippen molar-refractivity contribution in [1.29, 1.82) is 0 Å². The zero-order valence-electron chi connectivity index (χ0n) is 10.4. The van der Waals surface area contributed by atoms with E-state index in [-0.39, 0.29) is 11.6 Å². The van der Waals surface area contributed by atoms with E-state index in [1.807, 2.05) is 24.3 Å². The van der Waals surface area contributed by atoms with E-state index in [0.717, 1.165) is 16.5 Å². The van der Waals surface area contributed by atoms with Gasteiger partial charge >= 0.3 is 5.97 Å². The summed E-state index contributed by atoms with van der Waals surface area (Å²) in [4.78, 5) is 18.7. The van der Waals surface area contributed by atoms with Crippen molar-refractivity contribution in [2.75, 3.05) is 5.32 Å². The third-order valence-electron chi connectivity index (χ3n) is 2.84. The summed E-state index contributed by atoms with van der Waals surface area (Å²) in [5.74, 6) is -0.785. The topological polar surface area (TPSA) is 88.2 Å². The van der Waals surface area contributed by atoms with Crippen molar-refractivity contribution in [3.8, 4) is 0 Å². The van der Waals surface area contributed by atoms with Crippen molar-refractivity contribution in [2.24, 2.45) is 0 Å². The molecule has 0 aliphatic heterocycles. The number of carboxylic acid groups (broad SMARTS) is 1. The molecular formula is C14H11N3O3. The van der Waals surface area contributed by atoms with Crippen LogP contribution in [-0.2, 0) is 6.54 Å². The molecule has 6 nitrogen and oxygen atoms in total. The molecule has 20 heavy (non-hydrogen) atoms. The van der Waals surface area contributed by atoms with Gasteiger partial charge in [-0.25, -0.2) is 14.8 Å². The molecule has 2 aromatic heterocycles. The number of fused-ring (bicyclic) bond motifs is 1. The van der Waals surface area contributed by atoms with Crippen LogP contribution >= 0.6 is 0 Å². The minimum absolute atomic E-state index is 0.0345. The summed E-state index contributed by atoms with van der Waals surface area (Å²) >= 11 is 0. The summed E-state index contributed by atoms with van der Waals surface area (Å²) in [7, 11) is 0. The monoisotopic (exact) mass is 269 g/mol. The molecule has 0 bridgehead atoms. The van der Waals surface area contributed by atoms with Crippen LogP contribution in [-0.4, -0.2) is 21.0 Å². The molecule has 6 heteroatoms. The predicted octanol–water partition coefficient (Wildman–Crippen LogP) is 2.53. The van der Waals surface area contributed by atoms with Gasteiger partial charge in [0.1, 0.15) is 5.58 Å². The number of nitrogens with zero attached hydrogens (tertiary/aromatic N) is 2. The van der Waals surface area contributed by atoms with Crippen LogP contribution in [0.1, 0.15) is 16.1 Å². The zero-order valence-corrected chi connectivity index (χ0v) is 10.4. The van der Waals surface area contributed by atoms with Gasteiger partial charge in [0.05, 0.1) is 6.26 Å². The van der Waals surface area contributed by atoms with Crippen LogP contribution in [0.25, 0.3) is 11.0 Å². The van der Waals surface area contributed by atoms with Gasteiger partial charge in [0.2, 0.25) is 5.95 Å². The fourth-order valence-corrected chi connectivity index (χ4v) is 1.87. The van der Waals surface area contributed by atoms with Crippen molar-refractivity contribution in [3.05, 3.63) is 54.0 Å². The Kier molecular flexibility index (Phi) is 3.04. The second-order valence-electron chi connectivity index (χ2n) is 4.22. The number of anilines is 1. The number of carboxylic acids is 1. The molecule has 2 N–H and O–H groups in total. The quantitative estimate of drug-likeness (QED) is 0.756. The van der Waals surface area contributed by atoms with E-state index in [9.17, 15) is 4.79 Å². The highest BCUT2D eigenvalue weighted by atomic mass is 16.4. The normalized spacial score (nSPS) is 10.6. The van der Waals surface area contributed by atoms with Crippen molar-refractivity contribution in [3.63, 3.8) is 0 Å². The molecular weight excluding hydrogens is 258 g/mol. The van der Waals surface area contributed by atoms with Crippen LogP contribution in [0.3, 0.4) is 0 Å². The number of aromatic nitrogens is 2. The van der Waals surface area contributed by atoms with E-state index in [0.29, 0.717) is 6.54 Å². The third kappa shape index (κ3) is 2.44. The maximum Gasteiger partial charge on any atom is 0.354 e. The van der Waals surface area contributed by atoms with Gasteiger partial charge in [0, 0.05) is 18.1 Å². The molecule has 3 rings (SSSR count). The molecule has 0 spiro atoms. The number of benzene rings is 1. The lowest BCUT2D eigenvalue weighted by atomic mass is 10.1. The Morgan fingerprint density at radius 3 is 3.05 bits per heavy atom. The molecule has 0 saturated carbocycles. The van der Waals surface area contributed by atoms with Crippen LogP contribution in [0.15, 0.2) is 47.2 Å². The molecule has 1 aromatic carbocycles. The van der Waals surface area contributed by atoms with Gasteiger partial charge < -0.3 is 14.8 Å². The molecule has 0 aliphatic carbocycles. The number of hydrogen-bond donors (Lipinski definition) is 2. The average Bonchev–Trinajstić information content (AvgIpc) is 2.93. The zero-order chi connectivity index (χ0) is 13.9. The number of rotatable bonds is 4. The lowest BCUT2D eigenvalue weighted by Gasteiger charge is -2.05. The Morgan fingerprint density at radius 2 is 2.20 bits per heavy atom. The summed E-state index contributed by atoms with van der Waals surface area (Å²) < 4.78 is 5.27. The molecule has 0 unspecified atom stereocenters. The molecule has 3 aromatic rings. The van der Waals surface area contributed by atoms with Crippen LogP contribution in [0, 0.1) is 0 Å². The summed E-state index contributed by atoms with van der Waals surface area (Å²) in [5, 5.41) is 12.9. The lowest BCUT2D eigenvalue weighted by Crippen LogP contribution is -2.07. The van der Waals surface area contributed by atoms with Crippen LogP contribution in [0.2, 0.25) is 0 Å². The van der Waals surface area contributed by atoms with E-state index in [4.69, 9.17) is 9.52 Å². The van der Waals surface area contributed by atoms with Gasteiger partial charge in [-0.3, -0.25) is 0 Å².